The molecule has 0 radical (unpaired) electrons. The normalized spacial score (nSPS) is 12.1. The van der Waals surface area contributed by atoms with Crippen LogP contribution in [0.4, 0.5) is 0 Å². The molecule has 6 nitrogen and oxygen atoms in total. The van der Waals surface area contributed by atoms with E-state index in [1.165, 1.54) is 0 Å². The molecule has 0 aliphatic carbocycles. The van der Waals surface area contributed by atoms with Gasteiger partial charge in [0.05, 0.1) is 6.61 Å². The van der Waals surface area contributed by atoms with Gasteiger partial charge in [-0.2, -0.15) is 5.21 Å². The number of H-pyrrole nitrogens is 1. The van der Waals surface area contributed by atoms with Crippen molar-refractivity contribution in [2.24, 2.45) is 0 Å². The smallest absolute Gasteiger partial charge is 0.317 e. The number of rotatable bonds is 5. The van der Waals surface area contributed by atoms with E-state index in [2.05, 4.69) is 20.6 Å². The van der Waals surface area contributed by atoms with Crippen molar-refractivity contribution in [2.75, 3.05) is 6.61 Å². The van der Waals surface area contributed by atoms with Crippen molar-refractivity contribution >= 4 is 5.97 Å². The van der Waals surface area contributed by atoms with Crippen LogP contribution in [-0.4, -0.2) is 33.2 Å². The Balaban J connectivity index is 2.18. The third kappa shape index (κ3) is 2.91. The molecule has 1 aromatic carbocycles. The average molecular weight is 246 g/mol. The second-order valence-electron chi connectivity index (χ2n) is 3.76. The molecule has 18 heavy (non-hydrogen) atoms. The zero-order chi connectivity index (χ0) is 12.8. The van der Waals surface area contributed by atoms with Gasteiger partial charge in [-0.3, -0.25) is 4.79 Å². The van der Waals surface area contributed by atoms with Gasteiger partial charge in [0.1, 0.15) is 5.92 Å². The molecule has 0 saturated carbocycles. The molecule has 2 rings (SSSR count). The van der Waals surface area contributed by atoms with Gasteiger partial charge in [-0.25, -0.2) is 0 Å². The van der Waals surface area contributed by atoms with E-state index in [4.69, 9.17) is 4.74 Å². The number of ether oxygens (including phenoxy) is 1. The summed E-state index contributed by atoms with van der Waals surface area (Å²) < 4.78 is 5.04. The Kier molecular flexibility index (Phi) is 4.01. The summed E-state index contributed by atoms with van der Waals surface area (Å²) in [5.41, 5.74) is 1.03. The number of hydrogen-bond donors (Lipinski definition) is 1. The Labute approximate surface area is 104 Å². The molecule has 1 N–H and O–H groups in total. The van der Waals surface area contributed by atoms with Crippen molar-refractivity contribution in [1.29, 1.82) is 0 Å². The Hall–Kier alpha value is -2.24. The number of aromatic amines is 1. The number of hydrogen-bond acceptors (Lipinski definition) is 5. The Morgan fingerprint density at radius 3 is 2.78 bits per heavy atom. The zero-order valence-corrected chi connectivity index (χ0v) is 10.0. The number of carbonyl (C=O) groups is 1. The fraction of sp³-hybridized carbons (Fsp3) is 0.333. The highest BCUT2D eigenvalue weighted by molar-refractivity contribution is 5.77. The van der Waals surface area contributed by atoms with Crippen LogP contribution in [-0.2, 0) is 16.0 Å². The summed E-state index contributed by atoms with van der Waals surface area (Å²) >= 11 is 0. The van der Waals surface area contributed by atoms with E-state index in [1.807, 2.05) is 30.3 Å². The third-order valence-corrected chi connectivity index (χ3v) is 2.53. The molecule has 0 aliphatic rings. The van der Waals surface area contributed by atoms with Gasteiger partial charge >= 0.3 is 5.97 Å². The number of nitrogens with one attached hydrogen (secondary N) is 1. The zero-order valence-electron chi connectivity index (χ0n) is 10.0. The first-order valence-corrected chi connectivity index (χ1v) is 5.75. The summed E-state index contributed by atoms with van der Waals surface area (Å²) in [5, 5.41) is 13.6. The van der Waals surface area contributed by atoms with E-state index in [1.54, 1.807) is 6.92 Å². The molecule has 6 heteroatoms. The lowest BCUT2D eigenvalue weighted by Gasteiger charge is -2.11. The van der Waals surface area contributed by atoms with Crippen LogP contribution in [0.1, 0.15) is 24.2 Å². The maximum Gasteiger partial charge on any atom is 0.317 e. The number of aromatic nitrogens is 4. The van der Waals surface area contributed by atoms with Crippen LogP contribution < -0.4 is 0 Å². The summed E-state index contributed by atoms with van der Waals surface area (Å²) in [5.74, 6) is -0.494. The molecule has 0 spiro atoms. The van der Waals surface area contributed by atoms with Crippen LogP contribution in [0.2, 0.25) is 0 Å². The Morgan fingerprint density at radius 1 is 1.39 bits per heavy atom. The van der Waals surface area contributed by atoms with Crippen LogP contribution in [0.5, 0.6) is 0 Å². The van der Waals surface area contributed by atoms with Crippen molar-refractivity contribution < 1.29 is 9.53 Å². The fourth-order valence-corrected chi connectivity index (χ4v) is 1.69. The van der Waals surface area contributed by atoms with Gasteiger partial charge in [0.25, 0.3) is 0 Å². The van der Waals surface area contributed by atoms with Crippen molar-refractivity contribution in [3.63, 3.8) is 0 Å². The third-order valence-electron chi connectivity index (χ3n) is 2.53. The predicted octanol–water partition coefficient (Wildman–Crippen LogP) is 1.09. The molecule has 2 aromatic rings. The summed E-state index contributed by atoms with van der Waals surface area (Å²) in [6.45, 7) is 2.11. The molecule has 0 aliphatic heterocycles. The number of esters is 1. The summed E-state index contributed by atoms with van der Waals surface area (Å²) in [6.07, 6.45) is 0.499. The van der Waals surface area contributed by atoms with E-state index in [9.17, 15) is 4.79 Å². The monoisotopic (exact) mass is 246 g/mol. The van der Waals surface area contributed by atoms with E-state index in [0.29, 0.717) is 18.9 Å². The van der Waals surface area contributed by atoms with Crippen LogP contribution in [0.15, 0.2) is 30.3 Å². The minimum atomic E-state index is -0.522. The molecule has 0 bridgehead atoms. The van der Waals surface area contributed by atoms with Gasteiger partial charge in [-0.1, -0.05) is 35.5 Å². The molecule has 0 fully saturated rings. The lowest BCUT2D eigenvalue weighted by atomic mass is 9.99. The topological polar surface area (TPSA) is 80.8 Å². The molecular formula is C12H14N4O2. The number of tetrazole rings is 1. The molecule has 1 atom stereocenters. The predicted molar refractivity (Wildman–Crippen MR) is 63.7 cm³/mol. The van der Waals surface area contributed by atoms with E-state index >= 15 is 0 Å². The van der Waals surface area contributed by atoms with Crippen LogP contribution in [0.25, 0.3) is 0 Å². The maximum atomic E-state index is 11.9. The van der Waals surface area contributed by atoms with Crippen molar-refractivity contribution in [3.05, 3.63) is 41.7 Å². The van der Waals surface area contributed by atoms with Crippen molar-refractivity contribution in [1.82, 2.24) is 20.6 Å². The van der Waals surface area contributed by atoms with Gasteiger partial charge in [0.2, 0.25) is 0 Å². The highest BCUT2D eigenvalue weighted by Gasteiger charge is 2.26. The molecule has 94 valence electrons. The van der Waals surface area contributed by atoms with Gasteiger partial charge in [0.15, 0.2) is 5.82 Å². The highest BCUT2D eigenvalue weighted by atomic mass is 16.5. The SMILES string of the molecule is CCOC(=O)C(Cc1ccccc1)c1nn[nH]n1. The van der Waals surface area contributed by atoms with Crippen LogP contribution in [0.3, 0.4) is 0 Å². The van der Waals surface area contributed by atoms with Gasteiger partial charge in [-0.05, 0) is 18.9 Å². The Morgan fingerprint density at radius 2 is 2.17 bits per heavy atom. The fourth-order valence-electron chi connectivity index (χ4n) is 1.69. The van der Waals surface area contributed by atoms with E-state index in [-0.39, 0.29) is 5.97 Å². The lowest BCUT2D eigenvalue weighted by molar-refractivity contribution is -0.145. The first-order chi connectivity index (χ1) is 8.81. The standard InChI is InChI=1S/C12H14N4O2/c1-2-18-12(17)10(11-13-15-16-14-11)8-9-6-4-3-5-7-9/h3-7,10H,2,8H2,1H3,(H,13,14,15,16). The summed E-state index contributed by atoms with van der Waals surface area (Å²) in [7, 11) is 0. The molecule has 0 saturated heterocycles. The molecule has 1 unspecified atom stereocenters. The number of benzene rings is 1. The first-order valence-electron chi connectivity index (χ1n) is 5.75. The quantitative estimate of drug-likeness (QED) is 0.799. The van der Waals surface area contributed by atoms with E-state index in [0.717, 1.165) is 5.56 Å². The summed E-state index contributed by atoms with van der Waals surface area (Å²) in [4.78, 5) is 11.9. The van der Waals surface area contributed by atoms with Crippen LogP contribution in [0, 0.1) is 0 Å². The molecule has 0 amide bonds. The van der Waals surface area contributed by atoms with Gasteiger partial charge in [0, 0.05) is 0 Å². The molecule has 1 aromatic heterocycles. The Bertz CT molecular complexity index is 484. The largest absolute Gasteiger partial charge is 0.465 e. The highest BCUT2D eigenvalue weighted by Crippen LogP contribution is 2.18. The lowest BCUT2D eigenvalue weighted by Crippen LogP contribution is -2.19. The van der Waals surface area contributed by atoms with Gasteiger partial charge in [-0.15, -0.1) is 10.2 Å². The number of nitrogens with zero attached hydrogens (tertiary/aromatic N) is 3. The van der Waals surface area contributed by atoms with Gasteiger partial charge < -0.3 is 4.74 Å². The van der Waals surface area contributed by atoms with Crippen molar-refractivity contribution in [2.45, 2.75) is 19.3 Å². The van der Waals surface area contributed by atoms with Crippen LogP contribution >= 0.6 is 0 Å². The maximum absolute atomic E-state index is 11.9. The average Bonchev–Trinajstić information content (AvgIpc) is 2.91. The molecule has 1 heterocycles. The second-order valence-corrected chi connectivity index (χ2v) is 3.76. The minimum absolute atomic E-state index is 0.331. The molecular weight excluding hydrogens is 232 g/mol. The number of carbonyl (C=O) groups excluding carboxylic acids is 1. The van der Waals surface area contributed by atoms with Crippen molar-refractivity contribution in [3.8, 4) is 0 Å². The summed E-state index contributed by atoms with van der Waals surface area (Å²) in [6, 6.07) is 9.68. The second kappa shape index (κ2) is 5.90. The minimum Gasteiger partial charge on any atom is -0.465 e. The van der Waals surface area contributed by atoms with E-state index < -0.39 is 5.92 Å². The first kappa shape index (κ1) is 12.2.